The maximum Gasteiger partial charge on any atom is 0.417 e. The minimum absolute atomic E-state index is 0.125. The average molecular weight is 531 g/mol. The van der Waals surface area contributed by atoms with Crippen LogP contribution >= 0.6 is 0 Å². The highest BCUT2D eigenvalue weighted by Gasteiger charge is 2.37. The highest BCUT2D eigenvalue weighted by molar-refractivity contribution is 5.96. The average Bonchev–Trinajstić information content (AvgIpc) is 3.22. The molecule has 2 unspecified atom stereocenters. The van der Waals surface area contributed by atoms with Gasteiger partial charge in [-0.1, -0.05) is 25.0 Å². The summed E-state index contributed by atoms with van der Waals surface area (Å²) in [4.78, 5) is 28.8. The zero-order chi connectivity index (χ0) is 26.5. The second kappa shape index (κ2) is 11.9. The predicted molar refractivity (Wildman–Crippen MR) is 141 cm³/mol. The van der Waals surface area contributed by atoms with Crippen molar-refractivity contribution < 1.29 is 18.0 Å². The molecule has 3 fully saturated rings. The van der Waals surface area contributed by atoms with Crippen LogP contribution in [-0.4, -0.2) is 77.0 Å². The van der Waals surface area contributed by atoms with Gasteiger partial charge in [0.2, 0.25) is 5.95 Å². The van der Waals surface area contributed by atoms with Gasteiger partial charge < -0.3 is 15.1 Å². The van der Waals surface area contributed by atoms with Crippen molar-refractivity contribution in [2.75, 3.05) is 49.5 Å². The van der Waals surface area contributed by atoms with Crippen molar-refractivity contribution in [3.63, 3.8) is 0 Å². The summed E-state index contributed by atoms with van der Waals surface area (Å²) in [6.07, 6.45) is 5.89. The standard InChI is InChI=1S/C28H37F3N6O/c29-28(30,31)24-12-4-3-11-23(24)26(38)37-18-8-10-22(20-37)36-17-7-9-21(19-36)33-27-32-14-13-25(34-27)35-15-5-1-2-6-16-35/h3-4,11-14,21-22H,1-2,5-10,15-20H2,(H,32,33,34). The van der Waals surface area contributed by atoms with E-state index in [1.807, 2.05) is 12.3 Å². The number of carbonyl (C=O) groups is 1. The molecule has 0 spiro atoms. The van der Waals surface area contributed by atoms with E-state index in [0.717, 1.165) is 63.7 Å². The molecule has 1 N–H and O–H groups in total. The van der Waals surface area contributed by atoms with Crippen LogP contribution in [0.25, 0.3) is 0 Å². The van der Waals surface area contributed by atoms with E-state index in [1.165, 1.54) is 43.9 Å². The van der Waals surface area contributed by atoms with Crippen LogP contribution in [0.15, 0.2) is 36.5 Å². The number of piperidine rings is 2. The fourth-order valence-electron chi connectivity index (χ4n) is 6.06. The third-order valence-electron chi connectivity index (χ3n) is 8.02. The molecule has 3 aliphatic heterocycles. The first-order valence-electron chi connectivity index (χ1n) is 13.9. The first kappa shape index (κ1) is 26.7. The molecule has 1 aromatic heterocycles. The monoisotopic (exact) mass is 530 g/mol. The Morgan fingerprint density at radius 3 is 2.45 bits per heavy atom. The quantitative estimate of drug-likeness (QED) is 0.583. The number of alkyl halides is 3. The Labute approximate surface area is 222 Å². The molecule has 0 radical (unpaired) electrons. The minimum atomic E-state index is -4.56. The van der Waals surface area contributed by atoms with E-state index in [0.29, 0.717) is 19.0 Å². The van der Waals surface area contributed by atoms with Crippen LogP contribution < -0.4 is 10.2 Å². The predicted octanol–water partition coefficient (Wildman–Crippen LogP) is 5.06. The SMILES string of the molecule is O=C(c1ccccc1C(F)(F)F)N1CCCC(N2CCCC(Nc3nccc(N4CCCCCC4)n3)C2)C1. The van der Waals surface area contributed by atoms with Gasteiger partial charge in [0.05, 0.1) is 11.1 Å². The molecule has 10 heteroatoms. The fourth-order valence-corrected chi connectivity index (χ4v) is 6.06. The van der Waals surface area contributed by atoms with Crippen LogP contribution in [0.3, 0.4) is 0 Å². The molecular weight excluding hydrogens is 493 g/mol. The number of rotatable bonds is 5. The van der Waals surface area contributed by atoms with Crippen molar-refractivity contribution >= 4 is 17.7 Å². The number of nitrogens with one attached hydrogen (secondary N) is 1. The van der Waals surface area contributed by atoms with E-state index in [1.54, 1.807) is 4.90 Å². The van der Waals surface area contributed by atoms with Crippen LogP contribution in [0.5, 0.6) is 0 Å². The fraction of sp³-hybridized carbons (Fsp3) is 0.607. The molecule has 7 nitrogen and oxygen atoms in total. The van der Waals surface area contributed by atoms with Gasteiger partial charge in [-0.15, -0.1) is 0 Å². The lowest BCUT2D eigenvalue weighted by atomic mass is 9.97. The molecule has 0 saturated carbocycles. The van der Waals surface area contributed by atoms with Crippen LogP contribution in [0.2, 0.25) is 0 Å². The van der Waals surface area contributed by atoms with Gasteiger partial charge in [-0.25, -0.2) is 4.98 Å². The number of aromatic nitrogens is 2. The molecule has 0 bridgehead atoms. The highest BCUT2D eigenvalue weighted by Crippen LogP contribution is 2.33. The Kier molecular flexibility index (Phi) is 8.35. The van der Waals surface area contributed by atoms with Crippen molar-refractivity contribution in [2.24, 2.45) is 0 Å². The van der Waals surface area contributed by atoms with Crippen LogP contribution in [0, 0.1) is 0 Å². The van der Waals surface area contributed by atoms with Crippen molar-refractivity contribution in [1.82, 2.24) is 19.8 Å². The second-order valence-corrected chi connectivity index (χ2v) is 10.7. The molecule has 3 saturated heterocycles. The molecular formula is C28H37F3N6O. The Balaban J connectivity index is 1.21. The summed E-state index contributed by atoms with van der Waals surface area (Å²) in [5.74, 6) is 1.08. The molecule has 2 aromatic rings. The van der Waals surface area contributed by atoms with E-state index in [2.05, 4.69) is 20.1 Å². The zero-order valence-corrected chi connectivity index (χ0v) is 21.8. The van der Waals surface area contributed by atoms with E-state index in [9.17, 15) is 18.0 Å². The van der Waals surface area contributed by atoms with Crippen molar-refractivity contribution in [3.05, 3.63) is 47.7 Å². The number of likely N-dealkylation sites (tertiary alicyclic amines) is 2. The number of amides is 1. The lowest BCUT2D eigenvalue weighted by Crippen LogP contribution is -2.54. The number of carbonyl (C=O) groups excluding carboxylic acids is 1. The maximum absolute atomic E-state index is 13.5. The summed E-state index contributed by atoms with van der Waals surface area (Å²) in [6, 6.07) is 7.38. The summed E-state index contributed by atoms with van der Waals surface area (Å²) >= 11 is 0. The molecule has 0 aliphatic carbocycles. The van der Waals surface area contributed by atoms with Gasteiger partial charge in [0, 0.05) is 51.0 Å². The zero-order valence-electron chi connectivity index (χ0n) is 21.8. The number of hydrogen-bond acceptors (Lipinski definition) is 6. The van der Waals surface area contributed by atoms with Crippen molar-refractivity contribution in [2.45, 2.75) is 69.6 Å². The minimum Gasteiger partial charge on any atom is -0.356 e. The summed E-state index contributed by atoms with van der Waals surface area (Å²) in [7, 11) is 0. The smallest absolute Gasteiger partial charge is 0.356 e. The molecule has 5 rings (SSSR count). The Hall–Kier alpha value is -2.88. The van der Waals surface area contributed by atoms with Gasteiger partial charge in [-0.05, 0) is 63.3 Å². The number of hydrogen-bond donors (Lipinski definition) is 1. The van der Waals surface area contributed by atoms with Crippen molar-refractivity contribution in [1.29, 1.82) is 0 Å². The lowest BCUT2D eigenvalue weighted by molar-refractivity contribution is -0.138. The van der Waals surface area contributed by atoms with Gasteiger partial charge in [-0.3, -0.25) is 9.69 Å². The molecule has 1 aromatic carbocycles. The molecule has 1 amide bonds. The number of anilines is 2. The van der Waals surface area contributed by atoms with Gasteiger partial charge in [0.25, 0.3) is 5.91 Å². The Bertz CT molecular complexity index is 1090. The third kappa shape index (κ3) is 6.39. The Morgan fingerprint density at radius 2 is 1.66 bits per heavy atom. The Morgan fingerprint density at radius 1 is 0.895 bits per heavy atom. The van der Waals surface area contributed by atoms with Crippen LogP contribution in [-0.2, 0) is 6.18 Å². The summed E-state index contributed by atoms with van der Waals surface area (Å²) in [6.45, 7) is 4.69. The van der Waals surface area contributed by atoms with Crippen LogP contribution in [0.1, 0.15) is 67.3 Å². The third-order valence-corrected chi connectivity index (χ3v) is 8.02. The highest BCUT2D eigenvalue weighted by atomic mass is 19.4. The molecule has 4 heterocycles. The lowest BCUT2D eigenvalue weighted by Gasteiger charge is -2.43. The maximum atomic E-state index is 13.5. The first-order chi connectivity index (χ1) is 18.4. The van der Waals surface area contributed by atoms with Gasteiger partial charge in [0.1, 0.15) is 5.82 Å². The van der Waals surface area contributed by atoms with Gasteiger partial charge in [0.15, 0.2) is 0 Å². The van der Waals surface area contributed by atoms with E-state index in [-0.39, 0.29) is 17.6 Å². The van der Waals surface area contributed by atoms with Crippen molar-refractivity contribution in [3.8, 4) is 0 Å². The number of halogens is 3. The van der Waals surface area contributed by atoms with E-state index >= 15 is 0 Å². The first-order valence-corrected chi connectivity index (χ1v) is 13.9. The molecule has 38 heavy (non-hydrogen) atoms. The molecule has 206 valence electrons. The topological polar surface area (TPSA) is 64.6 Å². The van der Waals surface area contributed by atoms with E-state index < -0.39 is 17.6 Å². The summed E-state index contributed by atoms with van der Waals surface area (Å²) in [5, 5.41) is 3.53. The number of benzene rings is 1. The van der Waals surface area contributed by atoms with E-state index in [4.69, 9.17) is 4.98 Å². The summed E-state index contributed by atoms with van der Waals surface area (Å²) in [5.41, 5.74) is -1.13. The molecule has 2 atom stereocenters. The largest absolute Gasteiger partial charge is 0.417 e. The van der Waals surface area contributed by atoms with Gasteiger partial charge in [-0.2, -0.15) is 18.2 Å². The van der Waals surface area contributed by atoms with Crippen LogP contribution in [0.4, 0.5) is 24.9 Å². The number of nitrogens with zero attached hydrogens (tertiary/aromatic N) is 5. The second-order valence-electron chi connectivity index (χ2n) is 10.7. The normalized spacial score (nSPS) is 23.7. The molecule has 3 aliphatic rings. The summed E-state index contributed by atoms with van der Waals surface area (Å²) < 4.78 is 40.5. The van der Waals surface area contributed by atoms with Gasteiger partial charge >= 0.3 is 6.18 Å².